The first-order chi connectivity index (χ1) is 15.4. The third-order valence-corrected chi connectivity index (χ3v) is 5.06. The Hall–Kier alpha value is -4.39. The number of rotatable bonds is 6. The molecule has 1 aliphatic rings. The van der Waals surface area contributed by atoms with Gasteiger partial charge in [-0.05, 0) is 37.3 Å². The Labute approximate surface area is 183 Å². The van der Waals surface area contributed by atoms with Crippen LogP contribution < -0.4 is 4.90 Å². The van der Waals surface area contributed by atoms with Crippen molar-refractivity contribution in [2.45, 2.75) is 6.92 Å². The van der Waals surface area contributed by atoms with Crippen molar-refractivity contribution in [3.8, 4) is 0 Å². The Balaban J connectivity index is 1.54. The maximum atomic E-state index is 12.9. The van der Waals surface area contributed by atoms with Crippen molar-refractivity contribution in [3.63, 3.8) is 0 Å². The molecule has 4 rings (SSSR count). The second-order valence-electron chi connectivity index (χ2n) is 7.18. The molecule has 1 aliphatic heterocycles. The fourth-order valence-electron chi connectivity index (χ4n) is 3.39. The van der Waals surface area contributed by atoms with Gasteiger partial charge < -0.3 is 4.74 Å². The summed E-state index contributed by atoms with van der Waals surface area (Å²) in [5.41, 5.74) is 1.28. The smallest absolute Gasteiger partial charge is 0.338 e. The predicted octanol–water partition coefficient (Wildman–Crippen LogP) is 3.73. The van der Waals surface area contributed by atoms with Gasteiger partial charge in [-0.15, -0.1) is 0 Å². The Bertz CT molecular complexity index is 1280. The van der Waals surface area contributed by atoms with Gasteiger partial charge in [-0.3, -0.25) is 19.2 Å². The van der Waals surface area contributed by atoms with Crippen LogP contribution in [0.25, 0.3) is 0 Å². The molecule has 0 aliphatic carbocycles. The standard InChI is InChI=1S/C25H17NO6/c1-15(27)17-8-5-9-19(12-17)26-23(29)20-11-10-18(13-21(20)24(26)30)25(31)32-14-22(28)16-6-3-2-4-7-16/h2-13H,14H2,1H3. The van der Waals surface area contributed by atoms with E-state index >= 15 is 0 Å². The number of esters is 1. The zero-order valence-corrected chi connectivity index (χ0v) is 17.0. The number of hydrogen-bond donors (Lipinski definition) is 0. The molecule has 7 nitrogen and oxygen atoms in total. The number of hydrogen-bond acceptors (Lipinski definition) is 6. The molecule has 3 aromatic rings. The minimum Gasteiger partial charge on any atom is -0.454 e. The summed E-state index contributed by atoms with van der Waals surface area (Å²) in [7, 11) is 0. The van der Waals surface area contributed by atoms with E-state index in [1.54, 1.807) is 48.5 Å². The number of nitrogens with zero attached hydrogens (tertiary/aromatic N) is 1. The van der Waals surface area contributed by atoms with E-state index < -0.39 is 24.4 Å². The highest BCUT2D eigenvalue weighted by Gasteiger charge is 2.37. The quantitative estimate of drug-likeness (QED) is 0.338. The van der Waals surface area contributed by atoms with E-state index in [4.69, 9.17) is 4.74 Å². The minimum absolute atomic E-state index is 0.0464. The highest BCUT2D eigenvalue weighted by molar-refractivity contribution is 6.34. The van der Waals surface area contributed by atoms with E-state index in [1.165, 1.54) is 31.2 Å². The van der Waals surface area contributed by atoms with Gasteiger partial charge in [-0.25, -0.2) is 9.69 Å². The van der Waals surface area contributed by atoms with E-state index in [-0.39, 0.29) is 33.9 Å². The van der Waals surface area contributed by atoms with Gasteiger partial charge >= 0.3 is 5.97 Å². The summed E-state index contributed by atoms with van der Waals surface area (Å²) >= 11 is 0. The average Bonchev–Trinajstić information content (AvgIpc) is 3.07. The number of amides is 2. The van der Waals surface area contributed by atoms with Gasteiger partial charge in [0.15, 0.2) is 18.2 Å². The summed E-state index contributed by atoms with van der Waals surface area (Å²) in [5, 5.41) is 0. The number of fused-ring (bicyclic) bond motifs is 1. The number of benzene rings is 3. The van der Waals surface area contributed by atoms with Crippen LogP contribution >= 0.6 is 0 Å². The molecule has 0 N–H and O–H groups in total. The second kappa shape index (κ2) is 8.39. The van der Waals surface area contributed by atoms with Crippen LogP contribution in [-0.4, -0.2) is 36.0 Å². The van der Waals surface area contributed by atoms with Crippen LogP contribution in [0.2, 0.25) is 0 Å². The molecule has 0 bridgehead atoms. The van der Waals surface area contributed by atoms with Crippen molar-refractivity contribution in [1.29, 1.82) is 0 Å². The zero-order valence-electron chi connectivity index (χ0n) is 17.0. The molecule has 0 spiro atoms. The topological polar surface area (TPSA) is 97.8 Å². The van der Waals surface area contributed by atoms with Crippen molar-refractivity contribution < 1.29 is 28.7 Å². The minimum atomic E-state index is -0.783. The largest absolute Gasteiger partial charge is 0.454 e. The van der Waals surface area contributed by atoms with Crippen molar-refractivity contribution in [1.82, 2.24) is 0 Å². The third kappa shape index (κ3) is 3.83. The predicted molar refractivity (Wildman–Crippen MR) is 115 cm³/mol. The maximum Gasteiger partial charge on any atom is 0.338 e. The first kappa shape index (κ1) is 20.9. The first-order valence-electron chi connectivity index (χ1n) is 9.76. The molecule has 32 heavy (non-hydrogen) atoms. The number of imide groups is 1. The van der Waals surface area contributed by atoms with Crippen LogP contribution in [-0.2, 0) is 4.74 Å². The van der Waals surface area contributed by atoms with Crippen LogP contribution in [0.5, 0.6) is 0 Å². The highest BCUT2D eigenvalue weighted by Crippen LogP contribution is 2.30. The fourth-order valence-corrected chi connectivity index (χ4v) is 3.39. The van der Waals surface area contributed by atoms with Crippen molar-refractivity contribution in [2.75, 3.05) is 11.5 Å². The van der Waals surface area contributed by atoms with E-state index in [2.05, 4.69) is 0 Å². The Morgan fingerprint density at radius 3 is 2.16 bits per heavy atom. The summed E-state index contributed by atoms with van der Waals surface area (Å²) in [5.74, 6) is -2.50. The van der Waals surface area contributed by atoms with Gasteiger partial charge in [0.1, 0.15) is 0 Å². The van der Waals surface area contributed by atoms with Gasteiger partial charge in [-0.1, -0.05) is 42.5 Å². The average molecular weight is 427 g/mol. The van der Waals surface area contributed by atoms with E-state index in [1.807, 2.05) is 0 Å². The van der Waals surface area contributed by atoms with Crippen LogP contribution in [0, 0.1) is 0 Å². The molecule has 0 saturated heterocycles. The number of anilines is 1. The number of carbonyl (C=O) groups excluding carboxylic acids is 5. The molecule has 7 heteroatoms. The summed E-state index contributed by atoms with van der Waals surface area (Å²) in [4.78, 5) is 62.9. The van der Waals surface area contributed by atoms with Crippen molar-refractivity contribution in [3.05, 3.63) is 101 Å². The maximum absolute atomic E-state index is 12.9. The number of ketones is 2. The molecule has 0 aromatic heterocycles. The van der Waals surface area contributed by atoms with Crippen molar-refractivity contribution >= 4 is 35.0 Å². The van der Waals surface area contributed by atoms with Crippen LogP contribution in [0.4, 0.5) is 5.69 Å². The molecule has 0 fully saturated rings. The monoisotopic (exact) mass is 427 g/mol. The third-order valence-electron chi connectivity index (χ3n) is 5.06. The SMILES string of the molecule is CC(=O)c1cccc(N2C(=O)c3ccc(C(=O)OCC(=O)c4ccccc4)cc3C2=O)c1. The molecule has 2 amide bonds. The summed E-state index contributed by atoms with van der Waals surface area (Å²) in [6.45, 7) is 0.943. The lowest BCUT2D eigenvalue weighted by Gasteiger charge is -2.14. The van der Waals surface area contributed by atoms with Crippen LogP contribution in [0.1, 0.15) is 58.7 Å². The zero-order chi connectivity index (χ0) is 22.8. The van der Waals surface area contributed by atoms with E-state index in [0.29, 0.717) is 11.1 Å². The lowest BCUT2D eigenvalue weighted by atomic mass is 10.1. The molecular formula is C25H17NO6. The first-order valence-corrected chi connectivity index (χ1v) is 9.76. The molecule has 3 aromatic carbocycles. The van der Waals surface area contributed by atoms with Gasteiger partial charge in [0.25, 0.3) is 11.8 Å². The molecule has 0 atom stereocenters. The van der Waals surface area contributed by atoms with Crippen LogP contribution in [0.15, 0.2) is 72.8 Å². The van der Waals surface area contributed by atoms with Crippen LogP contribution in [0.3, 0.4) is 0 Å². The molecular weight excluding hydrogens is 410 g/mol. The molecule has 0 radical (unpaired) electrons. The highest BCUT2D eigenvalue weighted by atomic mass is 16.5. The Morgan fingerprint density at radius 1 is 0.750 bits per heavy atom. The molecule has 0 saturated carbocycles. The molecule has 158 valence electrons. The van der Waals surface area contributed by atoms with Gasteiger partial charge in [0.2, 0.25) is 0 Å². The Morgan fingerprint density at radius 2 is 1.44 bits per heavy atom. The van der Waals surface area contributed by atoms with E-state index in [0.717, 1.165) is 4.90 Å². The summed E-state index contributed by atoms with van der Waals surface area (Å²) in [6.07, 6.45) is 0. The van der Waals surface area contributed by atoms with Gasteiger partial charge in [-0.2, -0.15) is 0 Å². The lowest BCUT2D eigenvalue weighted by molar-refractivity contribution is 0.0474. The normalized spacial score (nSPS) is 12.5. The summed E-state index contributed by atoms with van der Waals surface area (Å²) in [6, 6.07) is 18.6. The van der Waals surface area contributed by atoms with Crippen molar-refractivity contribution in [2.24, 2.45) is 0 Å². The lowest BCUT2D eigenvalue weighted by Crippen LogP contribution is -2.29. The van der Waals surface area contributed by atoms with Gasteiger partial charge in [0, 0.05) is 11.1 Å². The fraction of sp³-hybridized carbons (Fsp3) is 0.0800. The molecule has 1 heterocycles. The second-order valence-corrected chi connectivity index (χ2v) is 7.18. The number of carbonyl (C=O) groups is 5. The Kier molecular flexibility index (Phi) is 5.47. The summed E-state index contributed by atoms with van der Waals surface area (Å²) < 4.78 is 5.08. The van der Waals surface area contributed by atoms with Gasteiger partial charge in [0.05, 0.1) is 22.4 Å². The molecule has 0 unspecified atom stereocenters. The number of ether oxygens (including phenoxy) is 1. The number of Topliss-reactive ketones (excluding diaryl/α,β-unsaturated/α-hetero) is 2. The van der Waals surface area contributed by atoms with E-state index in [9.17, 15) is 24.0 Å².